The lowest BCUT2D eigenvalue weighted by Gasteiger charge is -2.31. The molecule has 134 valence electrons. The van der Waals surface area contributed by atoms with Crippen LogP contribution in [0.5, 0.6) is 0 Å². The van der Waals surface area contributed by atoms with Crippen molar-refractivity contribution < 1.29 is 33.1 Å². The first-order valence-electron chi connectivity index (χ1n) is 7.23. The highest BCUT2D eigenvalue weighted by Gasteiger charge is 2.59. The van der Waals surface area contributed by atoms with Gasteiger partial charge in [0.1, 0.15) is 24.5 Å². The zero-order valence-electron chi connectivity index (χ0n) is 13.1. The number of nitrogens with one attached hydrogen (secondary N) is 1. The van der Waals surface area contributed by atoms with Gasteiger partial charge in [0.05, 0.1) is 12.9 Å². The number of hydrogen-bond donors (Lipinski definition) is 3. The lowest BCUT2D eigenvalue weighted by atomic mass is 10.1. The standard InChI is InChI=1S/C12H19N4O7P/c1-15(2)6-13-8-3-4-16(12(18)14-8)11-10-9(7(5-17)21-11)22-24(19,20)23-10/h3-4,6-11,17H,5H2,1-2H3,(H,14,18)(H,19,20)/b13-6-/t7-,8?,9?,10+,11-/m1/s1. The number of hydrogen-bond acceptors (Lipinski definition) is 7. The smallest absolute Gasteiger partial charge is 0.394 e. The van der Waals surface area contributed by atoms with Crippen molar-refractivity contribution in [3.8, 4) is 0 Å². The van der Waals surface area contributed by atoms with Crippen molar-refractivity contribution in [3.05, 3.63) is 12.3 Å². The van der Waals surface area contributed by atoms with Crippen LogP contribution in [0.3, 0.4) is 0 Å². The molecule has 2 amide bonds. The number of fused-ring (bicyclic) bond motifs is 1. The van der Waals surface area contributed by atoms with Crippen LogP contribution in [-0.2, 0) is 18.3 Å². The summed E-state index contributed by atoms with van der Waals surface area (Å²) >= 11 is 0. The number of urea groups is 1. The van der Waals surface area contributed by atoms with Crippen molar-refractivity contribution in [1.29, 1.82) is 0 Å². The van der Waals surface area contributed by atoms with Gasteiger partial charge >= 0.3 is 13.9 Å². The maximum atomic E-state index is 12.3. The molecule has 3 N–H and O–H groups in total. The number of carbonyl (C=O) groups is 1. The lowest BCUT2D eigenvalue weighted by molar-refractivity contribution is -0.0719. The van der Waals surface area contributed by atoms with Crippen LogP contribution in [0.15, 0.2) is 17.3 Å². The van der Waals surface area contributed by atoms with Crippen molar-refractivity contribution in [2.75, 3.05) is 20.7 Å². The highest BCUT2D eigenvalue weighted by Crippen LogP contribution is 2.57. The zero-order chi connectivity index (χ0) is 17.5. The minimum absolute atomic E-state index is 0.435. The average molecular weight is 362 g/mol. The second kappa shape index (κ2) is 6.43. The maximum absolute atomic E-state index is 12.3. The first-order chi connectivity index (χ1) is 11.3. The van der Waals surface area contributed by atoms with Gasteiger partial charge < -0.3 is 25.0 Å². The van der Waals surface area contributed by atoms with Crippen LogP contribution in [0, 0.1) is 0 Å². The molecule has 0 aromatic rings. The van der Waals surface area contributed by atoms with Gasteiger partial charge in [-0.3, -0.25) is 13.9 Å². The molecule has 0 spiro atoms. The maximum Gasteiger partial charge on any atom is 0.473 e. The van der Waals surface area contributed by atoms with Crippen LogP contribution < -0.4 is 5.32 Å². The Kier molecular flexibility index (Phi) is 4.65. The molecule has 0 aromatic heterocycles. The van der Waals surface area contributed by atoms with Crippen LogP contribution in [0.25, 0.3) is 0 Å². The third kappa shape index (κ3) is 3.32. The Hall–Kier alpha value is -1.49. The van der Waals surface area contributed by atoms with Crippen molar-refractivity contribution in [1.82, 2.24) is 15.1 Å². The van der Waals surface area contributed by atoms with Gasteiger partial charge in [0.2, 0.25) is 0 Å². The molecular formula is C12H19N4O7P. The van der Waals surface area contributed by atoms with E-state index in [0.29, 0.717) is 0 Å². The van der Waals surface area contributed by atoms with Crippen molar-refractivity contribution in [2.45, 2.75) is 30.7 Å². The molecule has 0 aromatic carbocycles. The van der Waals surface area contributed by atoms with Crippen LogP contribution >= 0.6 is 7.82 Å². The van der Waals surface area contributed by atoms with Crippen molar-refractivity contribution >= 4 is 20.2 Å². The third-order valence-corrected chi connectivity index (χ3v) is 4.66. The highest BCUT2D eigenvalue weighted by molar-refractivity contribution is 7.47. The van der Waals surface area contributed by atoms with Gasteiger partial charge in [-0.05, 0) is 6.08 Å². The minimum Gasteiger partial charge on any atom is -0.394 e. The van der Waals surface area contributed by atoms with E-state index in [9.17, 15) is 19.4 Å². The first-order valence-corrected chi connectivity index (χ1v) is 8.73. The summed E-state index contributed by atoms with van der Waals surface area (Å²) in [4.78, 5) is 28.8. The predicted octanol–water partition coefficient (Wildman–Crippen LogP) is -0.957. The quantitative estimate of drug-likeness (QED) is 0.331. The number of aliphatic imine (C=N–C) groups is 1. The molecule has 6 atom stereocenters. The van der Waals surface area contributed by atoms with Gasteiger partial charge in [0, 0.05) is 20.3 Å². The van der Waals surface area contributed by atoms with E-state index in [0.717, 1.165) is 0 Å². The second-order valence-corrected chi connectivity index (χ2v) is 7.09. The fourth-order valence-corrected chi connectivity index (χ4v) is 3.78. The van der Waals surface area contributed by atoms with Gasteiger partial charge in [-0.15, -0.1) is 0 Å². The molecule has 11 nitrogen and oxygen atoms in total. The molecule has 3 heterocycles. The Morgan fingerprint density at radius 3 is 2.79 bits per heavy atom. The van der Waals surface area contributed by atoms with E-state index >= 15 is 0 Å². The molecule has 12 heteroatoms. The summed E-state index contributed by atoms with van der Waals surface area (Å²) in [6.45, 7) is -0.435. The Balaban J connectivity index is 1.76. The Labute approximate surface area is 138 Å². The van der Waals surface area contributed by atoms with E-state index in [4.69, 9.17) is 13.8 Å². The molecule has 0 saturated carbocycles. The molecule has 2 saturated heterocycles. The monoisotopic (exact) mass is 362 g/mol. The summed E-state index contributed by atoms with van der Waals surface area (Å²) in [6, 6.07) is -0.510. The summed E-state index contributed by atoms with van der Waals surface area (Å²) in [5.41, 5.74) is 0. The fraction of sp³-hybridized carbons (Fsp3) is 0.667. The highest BCUT2D eigenvalue weighted by atomic mass is 31.2. The number of amides is 2. The Bertz CT molecular complexity index is 612. The molecule has 24 heavy (non-hydrogen) atoms. The molecule has 2 fully saturated rings. The van der Waals surface area contributed by atoms with Crippen LogP contribution in [0.4, 0.5) is 4.79 Å². The summed E-state index contributed by atoms with van der Waals surface area (Å²) in [6.07, 6.45) is 0.342. The van der Waals surface area contributed by atoms with Crippen LogP contribution in [0.2, 0.25) is 0 Å². The zero-order valence-corrected chi connectivity index (χ0v) is 13.9. The number of rotatable bonds is 4. The number of aliphatic hydroxyl groups excluding tert-OH is 1. The molecule has 0 bridgehead atoms. The molecule has 3 aliphatic heterocycles. The van der Waals surface area contributed by atoms with Gasteiger partial charge in [0.15, 0.2) is 6.23 Å². The molecule has 3 aliphatic rings. The van der Waals surface area contributed by atoms with E-state index in [1.165, 1.54) is 11.1 Å². The lowest BCUT2D eigenvalue weighted by Crippen LogP contribution is -2.52. The van der Waals surface area contributed by atoms with Gasteiger partial charge in [-0.25, -0.2) is 14.4 Å². The number of ether oxygens (including phenoxy) is 1. The predicted molar refractivity (Wildman–Crippen MR) is 80.8 cm³/mol. The van der Waals surface area contributed by atoms with Gasteiger partial charge in [0.25, 0.3) is 0 Å². The molecule has 0 radical (unpaired) electrons. The summed E-state index contributed by atoms with van der Waals surface area (Å²) < 4.78 is 27.1. The van der Waals surface area contributed by atoms with E-state index in [-0.39, 0.29) is 0 Å². The normalized spacial score (nSPS) is 41.8. The topological polar surface area (TPSA) is 133 Å². The molecule has 0 aliphatic carbocycles. The number of phosphoric ester groups is 1. The average Bonchev–Trinajstić information content (AvgIpc) is 2.98. The number of nitrogens with zero attached hydrogens (tertiary/aromatic N) is 3. The van der Waals surface area contributed by atoms with E-state index in [1.54, 1.807) is 31.4 Å². The summed E-state index contributed by atoms with van der Waals surface area (Å²) in [5, 5.41) is 12.0. The van der Waals surface area contributed by atoms with Gasteiger partial charge in [-0.2, -0.15) is 0 Å². The fourth-order valence-electron chi connectivity index (χ4n) is 2.63. The number of phosphoric acid groups is 1. The number of carbonyl (C=O) groups excluding carboxylic acids is 1. The largest absolute Gasteiger partial charge is 0.473 e. The molecular weight excluding hydrogens is 343 g/mol. The second-order valence-electron chi connectivity index (χ2n) is 5.73. The minimum atomic E-state index is -4.22. The first kappa shape index (κ1) is 17.3. The van der Waals surface area contributed by atoms with E-state index in [2.05, 4.69) is 10.3 Å². The third-order valence-electron chi connectivity index (χ3n) is 3.64. The van der Waals surface area contributed by atoms with E-state index < -0.39 is 51.2 Å². The van der Waals surface area contributed by atoms with Crippen molar-refractivity contribution in [2.24, 2.45) is 4.99 Å². The van der Waals surface area contributed by atoms with E-state index in [1.807, 2.05) is 0 Å². The SMILES string of the molecule is CN(C)/C=N\C1C=CN([C@@H]2O[C@H](CO)C3OP(=O)(O)O[C@@H]32)C(=O)N1. The molecule has 3 unspecified atom stereocenters. The summed E-state index contributed by atoms with van der Waals surface area (Å²) in [7, 11) is -0.612. The molecule has 3 rings (SSSR count). The van der Waals surface area contributed by atoms with Gasteiger partial charge in [-0.1, -0.05) is 0 Å². The summed E-state index contributed by atoms with van der Waals surface area (Å²) in [5.74, 6) is 0. The van der Waals surface area contributed by atoms with Crippen LogP contribution in [-0.4, -0.2) is 83.6 Å². The van der Waals surface area contributed by atoms with Crippen LogP contribution in [0.1, 0.15) is 0 Å². The number of aliphatic hydroxyl groups is 1. The van der Waals surface area contributed by atoms with Crippen molar-refractivity contribution in [3.63, 3.8) is 0 Å². The Morgan fingerprint density at radius 1 is 1.46 bits per heavy atom. The Morgan fingerprint density at radius 2 is 2.17 bits per heavy atom.